The third kappa shape index (κ3) is 6.28. The van der Waals surface area contributed by atoms with Gasteiger partial charge >= 0.3 is 0 Å². The first-order valence-corrected chi connectivity index (χ1v) is 9.83. The first-order valence-electron chi connectivity index (χ1n) is 9.83. The molecule has 0 saturated heterocycles. The summed E-state index contributed by atoms with van der Waals surface area (Å²) in [6.45, 7) is 8.92. The summed E-state index contributed by atoms with van der Waals surface area (Å²) in [6.07, 6.45) is 10.7. The lowest BCUT2D eigenvalue weighted by Crippen LogP contribution is -2.07. The lowest BCUT2D eigenvalue weighted by atomic mass is 9.85. The number of aliphatic hydroxyl groups is 1. The monoisotopic (exact) mass is 328 g/mol. The Balaban J connectivity index is 3.35. The zero-order chi connectivity index (χ0) is 17.8. The molecule has 0 fully saturated rings. The number of hydrogen-bond acceptors (Lipinski definition) is 1. The van der Waals surface area contributed by atoms with Crippen LogP contribution in [-0.4, -0.2) is 5.11 Å². The molecular formula is C23H36O. The fourth-order valence-corrected chi connectivity index (χ4v) is 3.30. The first-order chi connectivity index (χ1) is 11.7. The maximum atomic E-state index is 11.1. The van der Waals surface area contributed by atoms with Gasteiger partial charge < -0.3 is 5.11 Å². The van der Waals surface area contributed by atoms with Crippen molar-refractivity contribution in [2.24, 2.45) is 0 Å². The number of rotatable bonds is 11. The Bertz CT molecular complexity index is 510. The van der Waals surface area contributed by atoms with Gasteiger partial charge in [-0.1, -0.05) is 89.8 Å². The molecule has 134 valence electrons. The van der Waals surface area contributed by atoms with Gasteiger partial charge in [0.2, 0.25) is 0 Å². The van der Waals surface area contributed by atoms with Gasteiger partial charge in [0.05, 0.1) is 0 Å². The lowest BCUT2D eigenvalue weighted by molar-refractivity contribution is 0.209. The Morgan fingerprint density at radius 3 is 2.04 bits per heavy atom. The fraction of sp³-hybridized carbons (Fsp3) is 0.565. The second-order valence-corrected chi connectivity index (χ2v) is 6.59. The minimum atomic E-state index is -0.477. The summed E-state index contributed by atoms with van der Waals surface area (Å²) < 4.78 is 0. The van der Waals surface area contributed by atoms with Crippen LogP contribution in [-0.2, 0) is 0 Å². The smallest absolute Gasteiger partial charge is 0.101 e. The van der Waals surface area contributed by atoms with E-state index in [0.29, 0.717) is 0 Å². The molecule has 1 N–H and O–H groups in total. The average Bonchev–Trinajstić information content (AvgIpc) is 2.62. The third-order valence-corrected chi connectivity index (χ3v) is 4.44. The van der Waals surface area contributed by atoms with Gasteiger partial charge in [0.1, 0.15) is 6.10 Å². The molecule has 0 aliphatic carbocycles. The maximum absolute atomic E-state index is 11.1. The quantitative estimate of drug-likeness (QED) is 0.428. The van der Waals surface area contributed by atoms with Gasteiger partial charge in [0.15, 0.2) is 0 Å². The molecule has 0 bridgehead atoms. The van der Waals surface area contributed by atoms with Crippen molar-refractivity contribution in [3.05, 3.63) is 58.7 Å². The van der Waals surface area contributed by atoms with Crippen LogP contribution in [0.1, 0.15) is 90.7 Å². The molecule has 1 aromatic carbocycles. The van der Waals surface area contributed by atoms with E-state index in [2.05, 4.69) is 33.8 Å². The van der Waals surface area contributed by atoms with E-state index < -0.39 is 6.10 Å². The van der Waals surface area contributed by atoms with Crippen LogP contribution in [0.3, 0.4) is 0 Å². The van der Waals surface area contributed by atoms with Crippen LogP contribution in [0.2, 0.25) is 0 Å². The lowest BCUT2D eigenvalue weighted by Gasteiger charge is -2.23. The number of benzene rings is 1. The molecule has 0 amide bonds. The van der Waals surface area contributed by atoms with E-state index in [1.807, 2.05) is 30.3 Å². The molecule has 0 saturated carbocycles. The van der Waals surface area contributed by atoms with Gasteiger partial charge in [-0.25, -0.2) is 0 Å². The molecule has 1 heteroatoms. The number of allylic oxidation sites excluding steroid dienone is 3. The summed E-state index contributed by atoms with van der Waals surface area (Å²) in [5.74, 6) is 0. The Morgan fingerprint density at radius 1 is 0.875 bits per heavy atom. The van der Waals surface area contributed by atoms with Crippen molar-refractivity contribution >= 4 is 0 Å². The van der Waals surface area contributed by atoms with Crippen molar-refractivity contribution in [2.75, 3.05) is 0 Å². The van der Waals surface area contributed by atoms with Crippen molar-refractivity contribution in [2.45, 2.75) is 85.2 Å². The number of aliphatic hydroxyl groups excluding tert-OH is 1. The molecule has 1 aromatic rings. The molecule has 0 radical (unpaired) electrons. The van der Waals surface area contributed by atoms with E-state index in [9.17, 15) is 5.11 Å². The van der Waals surface area contributed by atoms with Crippen LogP contribution in [0.15, 0.2) is 53.1 Å². The van der Waals surface area contributed by atoms with E-state index in [1.165, 1.54) is 23.1 Å². The van der Waals surface area contributed by atoms with Crippen LogP contribution < -0.4 is 0 Å². The minimum absolute atomic E-state index is 0.477. The molecule has 0 aliphatic rings. The largest absolute Gasteiger partial charge is 0.384 e. The molecule has 0 aromatic heterocycles. The van der Waals surface area contributed by atoms with Crippen molar-refractivity contribution < 1.29 is 5.11 Å². The molecule has 1 rings (SSSR count). The summed E-state index contributed by atoms with van der Waals surface area (Å²) in [7, 11) is 0. The summed E-state index contributed by atoms with van der Waals surface area (Å²) in [6, 6.07) is 10.1. The zero-order valence-electron chi connectivity index (χ0n) is 16.1. The number of hydrogen-bond donors (Lipinski definition) is 1. The Kier molecular flexibility index (Phi) is 10.4. The van der Waals surface area contributed by atoms with Gasteiger partial charge in [-0.15, -0.1) is 0 Å². The van der Waals surface area contributed by atoms with Crippen molar-refractivity contribution in [3.8, 4) is 0 Å². The summed E-state index contributed by atoms with van der Waals surface area (Å²) >= 11 is 0. The van der Waals surface area contributed by atoms with Crippen molar-refractivity contribution in [1.82, 2.24) is 0 Å². The molecule has 1 nitrogen and oxygen atoms in total. The van der Waals surface area contributed by atoms with Crippen LogP contribution in [0.5, 0.6) is 0 Å². The molecule has 0 heterocycles. The second kappa shape index (κ2) is 12.1. The van der Waals surface area contributed by atoms with E-state index in [1.54, 1.807) is 0 Å². The van der Waals surface area contributed by atoms with Crippen LogP contribution in [0.4, 0.5) is 0 Å². The molecule has 0 spiro atoms. The highest BCUT2D eigenvalue weighted by Crippen LogP contribution is 2.34. The zero-order valence-corrected chi connectivity index (χ0v) is 16.1. The second-order valence-electron chi connectivity index (χ2n) is 6.59. The van der Waals surface area contributed by atoms with Gasteiger partial charge in [0.25, 0.3) is 0 Å². The number of unbranched alkanes of at least 4 members (excludes halogenated alkanes) is 1. The van der Waals surface area contributed by atoms with E-state index in [-0.39, 0.29) is 0 Å². The van der Waals surface area contributed by atoms with Gasteiger partial charge in [-0.2, -0.15) is 0 Å². The molecule has 1 atom stereocenters. The minimum Gasteiger partial charge on any atom is -0.384 e. The highest BCUT2D eigenvalue weighted by Gasteiger charge is 2.19. The molecule has 24 heavy (non-hydrogen) atoms. The highest BCUT2D eigenvalue weighted by atomic mass is 16.3. The van der Waals surface area contributed by atoms with Crippen LogP contribution >= 0.6 is 0 Å². The van der Waals surface area contributed by atoms with Crippen LogP contribution in [0.25, 0.3) is 0 Å². The average molecular weight is 329 g/mol. The highest BCUT2D eigenvalue weighted by molar-refractivity contribution is 5.40. The Morgan fingerprint density at radius 2 is 1.50 bits per heavy atom. The fourth-order valence-electron chi connectivity index (χ4n) is 3.30. The predicted molar refractivity (Wildman–Crippen MR) is 106 cm³/mol. The third-order valence-electron chi connectivity index (χ3n) is 4.44. The standard InChI is InChI=1S/C23H36O/c1-5-9-16-19(13-6-2)21(14-7-3)22(15-8-4)23(24)20-17-11-10-12-18-20/h10-12,16-18,23-24H,5-9,13-15H2,1-4H3/b19-16+,22-21-. The summed E-state index contributed by atoms with van der Waals surface area (Å²) in [5, 5.41) is 11.1. The topological polar surface area (TPSA) is 20.2 Å². The summed E-state index contributed by atoms with van der Waals surface area (Å²) in [5.41, 5.74) is 5.15. The van der Waals surface area contributed by atoms with E-state index >= 15 is 0 Å². The van der Waals surface area contributed by atoms with Gasteiger partial charge in [-0.3, -0.25) is 0 Å². The Hall–Kier alpha value is -1.34. The van der Waals surface area contributed by atoms with E-state index in [0.717, 1.165) is 50.5 Å². The Labute approximate surface area is 149 Å². The molecule has 1 unspecified atom stereocenters. The predicted octanol–water partition coefficient (Wildman–Crippen LogP) is 7.14. The van der Waals surface area contributed by atoms with Crippen molar-refractivity contribution in [3.63, 3.8) is 0 Å². The SMILES string of the molecule is CCC/C=C(CCC)/C(CCC)=C(/CCC)C(O)c1ccccc1. The van der Waals surface area contributed by atoms with E-state index in [4.69, 9.17) is 0 Å². The van der Waals surface area contributed by atoms with Crippen molar-refractivity contribution in [1.29, 1.82) is 0 Å². The van der Waals surface area contributed by atoms with Gasteiger partial charge in [0, 0.05) is 0 Å². The van der Waals surface area contributed by atoms with Gasteiger partial charge in [-0.05, 0) is 48.0 Å². The molecule has 0 aliphatic heterocycles. The summed E-state index contributed by atoms with van der Waals surface area (Å²) in [4.78, 5) is 0. The molecular weight excluding hydrogens is 292 g/mol. The first kappa shape index (κ1) is 20.7. The normalized spacial score (nSPS) is 14.5. The van der Waals surface area contributed by atoms with Crippen LogP contribution in [0, 0.1) is 0 Å². The maximum Gasteiger partial charge on any atom is 0.101 e.